The van der Waals surface area contributed by atoms with Crippen molar-refractivity contribution in [2.75, 3.05) is 72.1 Å². The highest BCUT2D eigenvalue weighted by Gasteiger charge is 2.32. The van der Waals surface area contributed by atoms with Crippen molar-refractivity contribution in [3.8, 4) is 0 Å². The normalized spacial score (nSPS) is 14.7. The van der Waals surface area contributed by atoms with Crippen LogP contribution in [0.4, 0.5) is 0 Å². The molecule has 0 fully saturated rings. The Morgan fingerprint density at radius 1 is 0.553 bits per heavy atom. The largest absolute Gasteiger partial charge is 0.480 e. The minimum atomic E-state index is -1.92. The van der Waals surface area contributed by atoms with Gasteiger partial charge in [-0.25, -0.2) is 0 Å². The van der Waals surface area contributed by atoms with Gasteiger partial charge in [-0.3, -0.25) is 38.7 Å². The van der Waals surface area contributed by atoms with Crippen molar-refractivity contribution in [1.82, 2.24) is 20.0 Å². The van der Waals surface area contributed by atoms with E-state index in [4.69, 9.17) is 25.5 Å². The fraction of sp³-hybridized carbons (Fsp3) is 0.750. The molecule has 0 spiro atoms. The molecule has 0 saturated heterocycles. The van der Waals surface area contributed by atoms with Crippen molar-refractivity contribution < 1.29 is 69.9 Å². The quantitative estimate of drug-likeness (QED) is 0.0593. The maximum Gasteiger partial charge on any atom is 0.317 e. The average Bonchev–Trinajstić information content (AvgIpc) is 2.80. The van der Waals surface area contributed by atoms with Crippen LogP contribution < -0.4 is 5.32 Å². The molecule has 10 N–H and O–H groups in total. The first-order chi connectivity index (χ1) is 17.7. The van der Waals surface area contributed by atoms with E-state index in [2.05, 4.69) is 5.32 Å². The lowest BCUT2D eigenvalue weighted by Gasteiger charge is -2.30. The van der Waals surface area contributed by atoms with Crippen LogP contribution in [-0.2, 0) is 24.0 Å². The summed E-state index contributed by atoms with van der Waals surface area (Å²) in [5, 5.41) is 85.9. The monoisotopic (exact) mass is 556 g/mol. The summed E-state index contributed by atoms with van der Waals surface area (Å²) in [5.41, 5.74) is 0. The summed E-state index contributed by atoms with van der Waals surface area (Å²) in [6.07, 6.45) is -5.56. The van der Waals surface area contributed by atoms with E-state index < -0.39 is 100 Å². The number of rotatable bonds is 22. The maximum atomic E-state index is 12.4. The lowest BCUT2D eigenvalue weighted by Crippen LogP contribution is -2.56. The Balaban J connectivity index is 5.27. The van der Waals surface area contributed by atoms with E-state index in [1.165, 1.54) is 4.90 Å². The average molecular weight is 557 g/mol. The fourth-order valence-electron chi connectivity index (χ4n) is 3.30. The summed E-state index contributed by atoms with van der Waals surface area (Å²) < 4.78 is 0. The molecule has 0 rings (SSSR count). The molecule has 18 nitrogen and oxygen atoms in total. The van der Waals surface area contributed by atoms with Gasteiger partial charge in [0, 0.05) is 26.2 Å². The third-order valence-corrected chi connectivity index (χ3v) is 5.15. The molecular weight excluding hydrogens is 520 g/mol. The highest BCUT2D eigenvalue weighted by atomic mass is 16.4. The van der Waals surface area contributed by atoms with Crippen LogP contribution in [-0.4, -0.2) is 187 Å². The SMILES string of the molecule is O=C(O)CN(CCN(CC(=O)O)CC(=O)O)CCN(CC(=O)O)CC(=O)N[C@H](CO)[C@@H](O)[C@H](O)[C@@H](O)CO. The van der Waals surface area contributed by atoms with Gasteiger partial charge >= 0.3 is 23.9 Å². The van der Waals surface area contributed by atoms with Crippen molar-refractivity contribution in [1.29, 1.82) is 0 Å². The molecule has 1 amide bonds. The number of aliphatic hydroxyl groups excluding tert-OH is 5. The Kier molecular flexibility index (Phi) is 16.9. The van der Waals surface area contributed by atoms with E-state index >= 15 is 0 Å². The third-order valence-electron chi connectivity index (χ3n) is 5.15. The molecule has 0 unspecified atom stereocenters. The van der Waals surface area contributed by atoms with Crippen LogP contribution in [0.5, 0.6) is 0 Å². The number of carboxylic acids is 4. The molecule has 0 aliphatic heterocycles. The van der Waals surface area contributed by atoms with Gasteiger partial charge in [0.05, 0.1) is 52.0 Å². The fourth-order valence-corrected chi connectivity index (χ4v) is 3.30. The predicted octanol–water partition coefficient (Wildman–Crippen LogP) is -6.22. The van der Waals surface area contributed by atoms with Gasteiger partial charge in [-0.15, -0.1) is 0 Å². The van der Waals surface area contributed by atoms with Gasteiger partial charge in [0.15, 0.2) is 0 Å². The summed E-state index contributed by atoms with van der Waals surface area (Å²) >= 11 is 0. The number of hydrogen-bond donors (Lipinski definition) is 10. The van der Waals surface area contributed by atoms with E-state index in [0.717, 1.165) is 9.80 Å². The molecule has 0 saturated carbocycles. The smallest absolute Gasteiger partial charge is 0.317 e. The molecule has 18 heteroatoms. The van der Waals surface area contributed by atoms with E-state index in [1.807, 2.05) is 0 Å². The molecule has 0 bridgehead atoms. The number of aliphatic hydroxyl groups is 5. The zero-order valence-electron chi connectivity index (χ0n) is 20.5. The molecule has 220 valence electrons. The van der Waals surface area contributed by atoms with Crippen LogP contribution in [0.15, 0.2) is 0 Å². The van der Waals surface area contributed by atoms with E-state index in [9.17, 15) is 44.4 Å². The van der Waals surface area contributed by atoms with Gasteiger partial charge < -0.3 is 51.3 Å². The van der Waals surface area contributed by atoms with E-state index in [0.29, 0.717) is 0 Å². The Bertz CT molecular complexity index is 769. The number of carbonyl (C=O) groups excluding carboxylic acids is 1. The summed E-state index contributed by atoms with van der Waals surface area (Å²) in [5.74, 6) is -6.08. The first-order valence-electron chi connectivity index (χ1n) is 11.3. The second-order valence-electron chi connectivity index (χ2n) is 8.36. The molecule has 38 heavy (non-hydrogen) atoms. The number of nitrogens with one attached hydrogen (secondary N) is 1. The molecule has 0 aliphatic rings. The van der Waals surface area contributed by atoms with Gasteiger partial charge in [0.2, 0.25) is 5.91 Å². The second kappa shape index (κ2) is 18.3. The molecule has 0 aromatic carbocycles. The third kappa shape index (κ3) is 15.3. The van der Waals surface area contributed by atoms with Crippen molar-refractivity contribution in [2.45, 2.75) is 24.4 Å². The molecule has 0 heterocycles. The van der Waals surface area contributed by atoms with Gasteiger partial charge in [0.25, 0.3) is 0 Å². The first kappa shape index (κ1) is 35.0. The number of amides is 1. The molecular formula is C20H36N4O14. The summed E-state index contributed by atoms with van der Waals surface area (Å²) in [7, 11) is 0. The minimum absolute atomic E-state index is 0.0934. The van der Waals surface area contributed by atoms with Crippen LogP contribution in [0.3, 0.4) is 0 Å². The molecule has 0 aromatic heterocycles. The topological polar surface area (TPSA) is 289 Å². The Hall–Kier alpha value is -2.97. The van der Waals surface area contributed by atoms with Crippen molar-refractivity contribution >= 4 is 29.8 Å². The van der Waals surface area contributed by atoms with E-state index in [-0.39, 0.29) is 26.2 Å². The first-order valence-corrected chi connectivity index (χ1v) is 11.3. The zero-order chi connectivity index (χ0) is 29.4. The molecule has 4 atom stereocenters. The molecule has 0 aliphatic carbocycles. The van der Waals surface area contributed by atoms with Crippen LogP contribution in [0.1, 0.15) is 0 Å². The highest BCUT2D eigenvalue weighted by Crippen LogP contribution is 2.05. The van der Waals surface area contributed by atoms with Crippen LogP contribution in [0, 0.1) is 0 Å². The predicted molar refractivity (Wildman–Crippen MR) is 124 cm³/mol. The number of aliphatic carboxylic acids is 4. The van der Waals surface area contributed by atoms with Crippen molar-refractivity contribution in [3.05, 3.63) is 0 Å². The second-order valence-corrected chi connectivity index (χ2v) is 8.36. The molecule has 0 aromatic rings. The highest BCUT2D eigenvalue weighted by molar-refractivity contribution is 5.79. The number of nitrogens with zero attached hydrogens (tertiary/aromatic N) is 3. The van der Waals surface area contributed by atoms with Crippen LogP contribution in [0.25, 0.3) is 0 Å². The van der Waals surface area contributed by atoms with Gasteiger partial charge in [-0.2, -0.15) is 0 Å². The van der Waals surface area contributed by atoms with Crippen molar-refractivity contribution in [3.63, 3.8) is 0 Å². The Labute approximate surface area is 216 Å². The summed E-state index contributed by atoms with van der Waals surface area (Å²) in [6.45, 7) is -5.35. The van der Waals surface area contributed by atoms with Crippen molar-refractivity contribution in [2.24, 2.45) is 0 Å². The summed E-state index contributed by atoms with van der Waals surface area (Å²) in [4.78, 5) is 60.3. The lowest BCUT2D eigenvalue weighted by molar-refractivity contribution is -0.143. The minimum Gasteiger partial charge on any atom is -0.480 e. The Morgan fingerprint density at radius 2 is 0.921 bits per heavy atom. The molecule has 0 radical (unpaired) electrons. The standard InChI is InChI=1S/C20H36N4O14/c25-10-12(19(37)20(38)13(27)11-26)21-14(28)5-23(7-16(31)32)3-1-22(6-15(29)30)2-4-24(8-17(33)34)9-18(35)36/h12-13,19-20,25-27,37-38H,1-11H2,(H,21,28)(H,29,30)(H,31,32)(H,33,34)(H,35,36)/t12-,13+,19-,20-/m1/s1. The number of carbonyl (C=O) groups is 5. The number of carboxylic acid groups (broad SMARTS) is 4. The van der Waals surface area contributed by atoms with E-state index in [1.54, 1.807) is 0 Å². The van der Waals surface area contributed by atoms with Crippen LogP contribution >= 0.6 is 0 Å². The van der Waals surface area contributed by atoms with Gasteiger partial charge in [-0.05, 0) is 0 Å². The van der Waals surface area contributed by atoms with Gasteiger partial charge in [-0.1, -0.05) is 0 Å². The zero-order valence-corrected chi connectivity index (χ0v) is 20.5. The Morgan fingerprint density at radius 3 is 1.29 bits per heavy atom. The number of hydrogen-bond acceptors (Lipinski definition) is 13. The van der Waals surface area contributed by atoms with Gasteiger partial charge in [0.1, 0.15) is 18.3 Å². The van der Waals surface area contributed by atoms with Crippen LogP contribution in [0.2, 0.25) is 0 Å². The summed E-state index contributed by atoms with van der Waals surface area (Å²) in [6, 6.07) is -1.48. The maximum absolute atomic E-state index is 12.4. The lowest BCUT2D eigenvalue weighted by atomic mass is 10.0.